The van der Waals surface area contributed by atoms with Crippen molar-refractivity contribution in [1.29, 1.82) is 0 Å². The highest BCUT2D eigenvalue weighted by Crippen LogP contribution is 2.25. The monoisotopic (exact) mass is 215 g/mol. The molecule has 16 heavy (non-hydrogen) atoms. The van der Waals surface area contributed by atoms with E-state index in [2.05, 4.69) is 9.97 Å². The molecule has 0 aliphatic heterocycles. The minimum absolute atomic E-state index is 0.364. The molecule has 4 nitrogen and oxygen atoms in total. The fraction of sp³-hybridized carbons (Fsp3) is 0.167. The van der Waals surface area contributed by atoms with Crippen LogP contribution in [0.2, 0.25) is 0 Å². The van der Waals surface area contributed by atoms with Crippen LogP contribution in [0.25, 0.3) is 0 Å². The van der Waals surface area contributed by atoms with Crippen LogP contribution in [0.5, 0.6) is 5.75 Å². The molecule has 1 heterocycles. The van der Waals surface area contributed by atoms with Gasteiger partial charge in [-0.05, 0) is 12.1 Å². The second-order valence-electron chi connectivity index (χ2n) is 3.33. The van der Waals surface area contributed by atoms with Gasteiger partial charge < -0.3 is 10.5 Å². The number of aromatic nitrogens is 2. The van der Waals surface area contributed by atoms with Gasteiger partial charge in [0.05, 0.1) is 13.2 Å². The molecule has 0 saturated heterocycles. The molecule has 1 aromatic carbocycles. The van der Waals surface area contributed by atoms with Gasteiger partial charge in [0.2, 0.25) is 0 Å². The minimum Gasteiger partial charge on any atom is -0.496 e. The van der Waals surface area contributed by atoms with Crippen molar-refractivity contribution in [3.05, 3.63) is 54.1 Å². The first-order valence-corrected chi connectivity index (χ1v) is 4.98. The second kappa shape index (κ2) is 4.72. The maximum Gasteiger partial charge on any atom is 0.149 e. The molecule has 2 rings (SSSR count). The maximum atomic E-state index is 6.09. The Morgan fingerprint density at radius 1 is 1.12 bits per heavy atom. The first-order chi connectivity index (χ1) is 7.83. The van der Waals surface area contributed by atoms with Gasteiger partial charge in [-0.1, -0.05) is 18.2 Å². The quantitative estimate of drug-likeness (QED) is 0.843. The Labute approximate surface area is 94.1 Å². The highest BCUT2D eigenvalue weighted by Gasteiger charge is 2.15. The van der Waals surface area contributed by atoms with Crippen LogP contribution in [0.1, 0.15) is 17.4 Å². The third kappa shape index (κ3) is 2.01. The Hall–Kier alpha value is -1.94. The van der Waals surface area contributed by atoms with Crippen LogP contribution in [0.15, 0.2) is 42.7 Å². The average Bonchev–Trinajstić information content (AvgIpc) is 2.39. The summed E-state index contributed by atoms with van der Waals surface area (Å²) in [6.45, 7) is 0. The summed E-state index contributed by atoms with van der Waals surface area (Å²) >= 11 is 0. The lowest BCUT2D eigenvalue weighted by Crippen LogP contribution is -2.15. The third-order valence-corrected chi connectivity index (χ3v) is 2.34. The number of para-hydroxylation sites is 1. The Morgan fingerprint density at radius 2 is 1.81 bits per heavy atom. The van der Waals surface area contributed by atoms with Crippen LogP contribution in [0.4, 0.5) is 0 Å². The maximum absolute atomic E-state index is 6.09. The van der Waals surface area contributed by atoms with Gasteiger partial charge in [0.15, 0.2) is 0 Å². The number of benzene rings is 1. The number of hydrogen-bond donors (Lipinski definition) is 1. The minimum atomic E-state index is -0.364. The first kappa shape index (κ1) is 10.6. The molecule has 0 amide bonds. The highest BCUT2D eigenvalue weighted by atomic mass is 16.5. The first-order valence-electron chi connectivity index (χ1n) is 4.98. The summed E-state index contributed by atoms with van der Waals surface area (Å²) in [4.78, 5) is 8.28. The normalized spacial score (nSPS) is 12.1. The Morgan fingerprint density at radius 3 is 2.50 bits per heavy atom. The molecule has 0 radical (unpaired) electrons. The molecule has 0 unspecified atom stereocenters. The summed E-state index contributed by atoms with van der Waals surface area (Å²) < 4.78 is 5.25. The van der Waals surface area contributed by atoms with Crippen molar-refractivity contribution in [2.45, 2.75) is 6.04 Å². The van der Waals surface area contributed by atoms with Crippen molar-refractivity contribution >= 4 is 0 Å². The summed E-state index contributed by atoms with van der Waals surface area (Å²) in [5.41, 5.74) is 6.97. The molecule has 1 atom stereocenters. The lowest BCUT2D eigenvalue weighted by atomic mass is 10.1. The van der Waals surface area contributed by atoms with Crippen LogP contribution in [0.3, 0.4) is 0 Å². The summed E-state index contributed by atoms with van der Waals surface area (Å²) in [6.07, 6.45) is 3.36. The van der Waals surface area contributed by atoms with Crippen LogP contribution >= 0.6 is 0 Å². The smallest absolute Gasteiger partial charge is 0.149 e. The molecular weight excluding hydrogens is 202 g/mol. The predicted octanol–water partition coefficient (Wildman–Crippen LogP) is 1.53. The van der Waals surface area contributed by atoms with Gasteiger partial charge in [0, 0.05) is 18.0 Å². The number of nitrogens with zero attached hydrogens (tertiary/aromatic N) is 2. The van der Waals surface area contributed by atoms with E-state index in [4.69, 9.17) is 10.5 Å². The molecule has 2 N–H and O–H groups in total. The van der Waals surface area contributed by atoms with Gasteiger partial charge in [0.25, 0.3) is 0 Å². The SMILES string of the molecule is COc1ccccc1[C@@H](N)c1ncccn1. The van der Waals surface area contributed by atoms with E-state index in [-0.39, 0.29) is 6.04 Å². The molecule has 0 fully saturated rings. The number of methoxy groups -OCH3 is 1. The van der Waals surface area contributed by atoms with Gasteiger partial charge in [-0.25, -0.2) is 9.97 Å². The van der Waals surface area contributed by atoms with E-state index in [9.17, 15) is 0 Å². The molecule has 0 saturated carbocycles. The Bertz CT molecular complexity index is 459. The van der Waals surface area contributed by atoms with E-state index in [1.54, 1.807) is 25.6 Å². The zero-order chi connectivity index (χ0) is 11.4. The summed E-state index contributed by atoms with van der Waals surface area (Å²) in [7, 11) is 1.62. The summed E-state index contributed by atoms with van der Waals surface area (Å²) in [5, 5.41) is 0. The van der Waals surface area contributed by atoms with Crippen molar-refractivity contribution in [3.8, 4) is 5.75 Å². The van der Waals surface area contributed by atoms with Gasteiger partial charge in [-0.15, -0.1) is 0 Å². The zero-order valence-corrected chi connectivity index (χ0v) is 9.00. The van der Waals surface area contributed by atoms with Crippen LogP contribution < -0.4 is 10.5 Å². The number of rotatable bonds is 3. The molecule has 1 aromatic heterocycles. The molecule has 0 spiro atoms. The Kier molecular flexibility index (Phi) is 3.12. The van der Waals surface area contributed by atoms with E-state index in [0.29, 0.717) is 5.82 Å². The molecule has 2 aromatic rings. The van der Waals surface area contributed by atoms with E-state index in [0.717, 1.165) is 11.3 Å². The number of nitrogens with two attached hydrogens (primary N) is 1. The molecule has 82 valence electrons. The van der Waals surface area contributed by atoms with E-state index >= 15 is 0 Å². The van der Waals surface area contributed by atoms with Gasteiger partial charge >= 0.3 is 0 Å². The topological polar surface area (TPSA) is 61.0 Å². The summed E-state index contributed by atoms with van der Waals surface area (Å²) in [6, 6.07) is 9.01. The lowest BCUT2D eigenvalue weighted by Gasteiger charge is -2.13. The largest absolute Gasteiger partial charge is 0.496 e. The van der Waals surface area contributed by atoms with E-state index in [1.165, 1.54) is 0 Å². The van der Waals surface area contributed by atoms with Crippen LogP contribution in [-0.4, -0.2) is 17.1 Å². The fourth-order valence-corrected chi connectivity index (χ4v) is 1.53. The van der Waals surface area contributed by atoms with Gasteiger partial charge in [0.1, 0.15) is 11.6 Å². The summed E-state index contributed by atoms with van der Waals surface area (Å²) in [5.74, 6) is 1.34. The van der Waals surface area contributed by atoms with Gasteiger partial charge in [-0.2, -0.15) is 0 Å². The van der Waals surface area contributed by atoms with Crippen molar-refractivity contribution in [2.24, 2.45) is 5.73 Å². The highest BCUT2D eigenvalue weighted by molar-refractivity contribution is 5.38. The molecule has 0 aliphatic rings. The van der Waals surface area contributed by atoms with Crippen molar-refractivity contribution in [3.63, 3.8) is 0 Å². The third-order valence-electron chi connectivity index (χ3n) is 2.34. The van der Waals surface area contributed by atoms with E-state index < -0.39 is 0 Å². The Balaban J connectivity index is 2.37. The van der Waals surface area contributed by atoms with Crippen molar-refractivity contribution in [1.82, 2.24) is 9.97 Å². The second-order valence-corrected chi connectivity index (χ2v) is 3.33. The lowest BCUT2D eigenvalue weighted by molar-refractivity contribution is 0.407. The average molecular weight is 215 g/mol. The predicted molar refractivity (Wildman–Crippen MR) is 61.1 cm³/mol. The van der Waals surface area contributed by atoms with Crippen LogP contribution in [0, 0.1) is 0 Å². The molecule has 0 bridgehead atoms. The van der Waals surface area contributed by atoms with Crippen molar-refractivity contribution < 1.29 is 4.74 Å². The number of ether oxygens (including phenoxy) is 1. The molecular formula is C12H13N3O. The zero-order valence-electron chi connectivity index (χ0n) is 9.00. The van der Waals surface area contributed by atoms with E-state index in [1.807, 2.05) is 24.3 Å². The molecule has 4 heteroatoms. The standard InChI is InChI=1S/C12H13N3O/c1-16-10-6-3-2-5-9(10)11(13)12-14-7-4-8-15-12/h2-8,11H,13H2,1H3/t11-/m1/s1. The van der Waals surface area contributed by atoms with Crippen LogP contribution in [-0.2, 0) is 0 Å². The van der Waals surface area contributed by atoms with Gasteiger partial charge in [-0.3, -0.25) is 0 Å². The fourth-order valence-electron chi connectivity index (χ4n) is 1.53. The van der Waals surface area contributed by atoms with Crippen molar-refractivity contribution in [2.75, 3.05) is 7.11 Å². The number of hydrogen-bond acceptors (Lipinski definition) is 4. The molecule has 0 aliphatic carbocycles.